The number of aromatic carboxylic acids is 1. The summed E-state index contributed by atoms with van der Waals surface area (Å²) in [6.45, 7) is 3.76. The fourth-order valence-corrected chi connectivity index (χ4v) is 1.88. The van der Waals surface area contributed by atoms with Gasteiger partial charge in [0.25, 0.3) is 5.91 Å². The standard InChI is InChI=1S/C11H13BrN2O3/c1-5(2)14-9-4-6(11(16)17)8(12)3-7(9)10(13)15/h3-5,14H,1-2H3,(H2,13,15)(H,16,17). The van der Waals surface area contributed by atoms with Crippen LogP contribution in [0.1, 0.15) is 34.6 Å². The molecule has 0 atom stereocenters. The van der Waals surface area contributed by atoms with Gasteiger partial charge in [-0.25, -0.2) is 4.79 Å². The summed E-state index contributed by atoms with van der Waals surface area (Å²) < 4.78 is 0.327. The van der Waals surface area contributed by atoms with Gasteiger partial charge in [0.15, 0.2) is 0 Å². The zero-order valence-electron chi connectivity index (χ0n) is 9.45. The zero-order valence-corrected chi connectivity index (χ0v) is 11.0. The maximum Gasteiger partial charge on any atom is 0.336 e. The number of hydrogen-bond donors (Lipinski definition) is 3. The summed E-state index contributed by atoms with van der Waals surface area (Å²) in [4.78, 5) is 22.2. The maximum atomic E-state index is 11.3. The number of carboxylic acids is 1. The van der Waals surface area contributed by atoms with Crippen molar-refractivity contribution in [3.05, 3.63) is 27.7 Å². The summed E-state index contributed by atoms with van der Waals surface area (Å²) in [7, 11) is 0. The van der Waals surface area contributed by atoms with Crippen LogP contribution in [-0.4, -0.2) is 23.0 Å². The second kappa shape index (κ2) is 5.18. The van der Waals surface area contributed by atoms with Gasteiger partial charge in [-0.3, -0.25) is 4.79 Å². The summed E-state index contributed by atoms with van der Waals surface area (Å²) in [6, 6.07) is 2.87. The van der Waals surface area contributed by atoms with Crippen LogP contribution in [0.2, 0.25) is 0 Å². The number of nitrogens with two attached hydrogens (primary N) is 1. The number of anilines is 1. The quantitative estimate of drug-likeness (QED) is 0.793. The molecule has 0 saturated carbocycles. The molecule has 0 heterocycles. The molecule has 0 aliphatic heterocycles. The molecule has 92 valence electrons. The van der Waals surface area contributed by atoms with Crippen molar-refractivity contribution < 1.29 is 14.7 Å². The second-order valence-corrected chi connectivity index (χ2v) is 4.70. The van der Waals surface area contributed by atoms with E-state index in [9.17, 15) is 9.59 Å². The maximum absolute atomic E-state index is 11.3. The third-order valence-electron chi connectivity index (χ3n) is 2.05. The SMILES string of the molecule is CC(C)Nc1cc(C(=O)O)c(Br)cc1C(N)=O. The van der Waals surface area contributed by atoms with Gasteiger partial charge in [-0.05, 0) is 41.9 Å². The summed E-state index contributed by atoms with van der Waals surface area (Å²) >= 11 is 3.10. The molecule has 0 aliphatic carbocycles. The fraction of sp³-hybridized carbons (Fsp3) is 0.273. The minimum Gasteiger partial charge on any atom is -0.478 e. The first-order chi connectivity index (χ1) is 7.82. The molecule has 0 radical (unpaired) electrons. The van der Waals surface area contributed by atoms with Crippen LogP contribution in [0.15, 0.2) is 16.6 Å². The monoisotopic (exact) mass is 300 g/mol. The highest BCUT2D eigenvalue weighted by Crippen LogP contribution is 2.26. The van der Waals surface area contributed by atoms with Crippen molar-refractivity contribution in [1.29, 1.82) is 0 Å². The Labute approximate surface area is 107 Å². The van der Waals surface area contributed by atoms with Crippen molar-refractivity contribution >= 4 is 33.5 Å². The van der Waals surface area contributed by atoms with Gasteiger partial charge >= 0.3 is 5.97 Å². The highest BCUT2D eigenvalue weighted by atomic mass is 79.9. The number of primary amides is 1. The molecular weight excluding hydrogens is 288 g/mol. The Morgan fingerprint density at radius 1 is 1.35 bits per heavy atom. The van der Waals surface area contributed by atoms with Gasteiger partial charge < -0.3 is 16.2 Å². The van der Waals surface area contributed by atoms with Crippen LogP contribution in [0.25, 0.3) is 0 Å². The van der Waals surface area contributed by atoms with Crippen molar-refractivity contribution in [2.75, 3.05) is 5.32 Å². The number of carbonyl (C=O) groups is 2. The number of benzene rings is 1. The topological polar surface area (TPSA) is 92.4 Å². The van der Waals surface area contributed by atoms with Gasteiger partial charge in [0.05, 0.1) is 11.1 Å². The van der Waals surface area contributed by atoms with Gasteiger partial charge in [-0.15, -0.1) is 0 Å². The lowest BCUT2D eigenvalue weighted by Gasteiger charge is -2.14. The summed E-state index contributed by atoms with van der Waals surface area (Å²) in [6.07, 6.45) is 0. The van der Waals surface area contributed by atoms with Gasteiger partial charge in [-0.2, -0.15) is 0 Å². The lowest BCUT2D eigenvalue weighted by atomic mass is 10.1. The van der Waals surface area contributed by atoms with Crippen LogP contribution in [0, 0.1) is 0 Å². The predicted octanol–water partition coefficient (Wildman–Crippen LogP) is 2.07. The predicted molar refractivity (Wildman–Crippen MR) is 68.4 cm³/mol. The van der Waals surface area contributed by atoms with Gasteiger partial charge in [0, 0.05) is 16.2 Å². The number of carbonyl (C=O) groups excluding carboxylic acids is 1. The molecule has 17 heavy (non-hydrogen) atoms. The summed E-state index contributed by atoms with van der Waals surface area (Å²) in [5.41, 5.74) is 6.00. The van der Waals surface area contributed by atoms with Crippen molar-refractivity contribution in [2.45, 2.75) is 19.9 Å². The third kappa shape index (κ3) is 3.20. The average molecular weight is 301 g/mol. The van der Waals surface area contributed by atoms with E-state index in [0.29, 0.717) is 10.2 Å². The molecule has 0 aliphatic rings. The van der Waals surface area contributed by atoms with Gasteiger partial charge in [0.1, 0.15) is 0 Å². The van der Waals surface area contributed by atoms with Crippen molar-refractivity contribution in [3.63, 3.8) is 0 Å². The number of nitrogens with one attached hydrogen (secondary N) is 1. The molecule has 1 aromatic rings. The van der Waals surface area contributed by atoms with Crippen molar-refractivity contribution in [2.24, 2.45) is 5.73 Å². The molecule has 6 heteroatoms. The molecule has 0 saturated heterocycles. The largest absolute Gasteiger partial charge is 0.478 e. The zero-order chi connectivity index (χ0) is 13.2. The number of rotatable bonds is 4. The number of amides is 1. The molecule has 0 spiro atoms. The Hall–Kier alpha value is -1.56. The van der Waals surface area contributed by atoms with E-state index in [4.69, 9.17) is 10.8 Å². The van der Waals surface area contributed by atoms with E-state index in [-0.39, 0.29) is 17.2 Å². The molecule has 1 rings (SSSR count). The Bertz CT molecular complexity index is 472. The fourth-order valence-electron chi connectivity index (χ4n) is 1.37. The summed E-state index contributed by atoms with van der Waals surface area (Å²) in [5, 5.41) is 12.0. The van der Waals surface area contributed by atoms with Crippen LogP contribution < -0.4 is 11.1 Å². The van der Waals surface area contributed by atoms with Gasteiger partial charge in [-0.1, -0.05) is 0 Å². The molecule has 0 fully saturated rings. The lowest BCUT2D eigenvalue weighted by molar-refractivity contribution is 0.0695. The minimum atomic E-state index is -1.07. The second-order valence-electron chi connectivity index (χ2n) is 3.85. The van der Waals surface area contributed by atoms with Crippen LogP contribution in [0.5, 0.6) is 0 Å². The Morgan fingerprint density at radius 3 is 2.35 bits per heavy atom. The van der Waals surface area contributed by atoms with Crippen LogP contribution in [-0.2, 0) is 0 Å². The molecule has 1 aromatic carbocycles. The molecule has 1 amide bonds. The van der Waals surface area contributed by atoms with E-state index in [1.54, 1.807) is 0 Å². The average Bonchev–Trinajstić information content (AvgIpc) is 2.18. The van der Waals surface area contributed by atoms with Gasteiger partial charge in [0.2, 0.25) is 0 Å². The van der Waals surface area contributed by atoms with Crippen molar-refractivity contribution in [1.82, 2.24) is 0 Å². The van der Waals surface area contributed by atoms with E-state index in [1.807, 2.05) is 13.8 Å². The number of hydrogen-bond acceptors (Lipinski definition) is 3. The van der Waals surface area contributed by atoms with Crippen LogP contribution in [0.3, 0.4) is 0 Å². The number of halogens is 1. The first-order valence-corrected chi connectivity index (χ1v) is 5.75. The van der Waals surface area contributed by atoms with E-state index < -0.39 is 11.9 Å². The van der Waals surface area contributed by atoms with E-state index in [1.165, 1.54) is 12.1 Å². The number of carboxylic acid groups (broad SMARTS) is 1. The van der Waals surface area contributed by atoms with E-state index in [0.717, 1.165) is 0 Å². The molecular formula is C11H13BrN2O3. The third-order valence-corrected chi connectivity index (χ3v) is 2.70. The lowest BCUT2D eigenvalue weighted by Crippen LogP contribution is -2.18. The first kappa shape index (κ1) is 13.5. The summed E-state index contributed by atoms with van der Waals surface area (Å²) in [5.74, 6) is -1.68. The molecule has 0 aromatic heterocycles. The normalized spacial score (nSPS) is 10.4. The highest BCUT2D eigenvalue weighted by Gasteiger charge is 2.16. The van der Waals surface area contributed by atoms with Crippen molar-refractivity contribution in [3.8, 4) is 0 Å². The Kier molecular flexibility index (Phi) is 4.11. The molecule has 0 bridgehead atoms. The Balaban J connectivity index is 3.36. The molecule has 0 unspecified atom stereocenters. The van der Waals surface area contributed by atoms with Crippen LogP contribution >= 0.6 is 15.9 Å². The van der Waals surface area contributed by atoms with Crippen LogP contribution in [0.4, 0.5) is 5.69 Å². The Morgan fingerprint density at radius 2 is 1.94 bits per heavy atom. The smallest absolute Gasteiger partial charge is 0.336 e. The molecule has 5 nitrogen and oxygen atoms in total. The first-order valence-electron chi connectivity index (χ1n) is 4.96. The van der Waals surface area contributed by atoms with E-state index in [2.05, 4.69) is 21.2 Å². The minimum absolute atomic E-state index is 0.0657. The van der Waals surface area contributed by atoms with E-state index >= 15 is 0 Å². The molecule has 4 N–H and O–H groups in total. The highest BCUT2D eigenvalue weighted by molar-refractivity contribution is 9.10.